The Kier molecular flexibility index (Phi) is 8.57. The first-order chi connectivity index (χ1) is 9.11. The molecular weight excluding hydrogens is 244 g/mol. The molecule has 5 heteroatoms. The second kappa shape index (κ2) is 9.66. The van der Waals surface area contributed by atoms with E-state index in [1.165, 1.54) is 25.9 Å². The maximum Gasteiger partial charge on any atom is 0.0897 e. The monoisotopic (exact) mass is 274 g/mol. The molecule has 1 saturated heterocycles. The Morgan fingerprint density at radius 2 is 2.00 bits per heavy atom. The smallest absolute Gasteiger partial charge is 0.0897 e. The van der Waals surface area contributed by atoms with Crippen LogP contribution in [-0.2, 0) is 9.47 Å². The molecule has 1 heterocycles. The van der Waals surface area contributed by atoms with Crippen molar-refractivity contribution in [2.24, 2.45) is 5.92 Å². The molecule has 2 atom stereocenters. The van der Waals surface area contributed by atoms with Crippen LogP contribution in [0.5, 0.6) is 0 Å². The third-order valence-electron chi connectivity index (χ3n) is 3.63. The molecule has 0 aromatic rings. The van der Waals surface area contributed by atoms with E-state index in [9.17, 15) is 5.11 Å². The summed E-state index contributed by atoms with van der Waals surface area (Å²) in [5.74, 6) is 0.747. The highest BCUT2D eigenvalue weighted by molar-refractivity contribution is 4.72. The Bertz CT molecular complexity index is 221. The fourth-order valence-corrected chi connectivity index (χ4v) is 2.34. The van der Waals surface area contributed by atoms with Gasteiger partial charge in [0.1, 0.15) is 0 Å². The summed E-state index contributed by atoms with van der Waals surface area (Å²) in [5.41, 5.74) is 0. The summed E-state index contributed by atoms with van der Waals surface area (Å²) in [7, 11) is 3.82. The minimum atomic E-state index is -0.439. The van der Waals surface area contributed by atoms with Gasteiger partial charge in [0, 0.05) is 13.7 Å². The van der Waals surface area contributed by atoms with Crippen LogP contribution in [0.1, 0.15) is 19.8 Å². The van der Waals surface area contributed by atoms with E-state index in [1.807, 2.05) is 6.92 Å². The molecule has 114 valence electrons. The van der Waals surface area contributed by atoms with Crippen LogP contribution in [0.15, 0.2) is 0 Å². The quantitative estimate of drug-likeness (QED) is 0.635. The molecule has 1 fully saturated rings. The molecule has 0 spiro atoms. The van der Waals surface area contributed by atoms with Crippen LogP contribution in [0.2, 0.25) is 0 Å². The van der Waals surface area contributed by atoms with E-state index in [0.717, 1.165) is 12.5 Å². The van der Waals surface area contributed by atoms with Gasteiger partial charge in [-0.15, -0.1) is 0 Å². The summed E-state index contributed by atoms with van der Waals surface area (Å²) in [6.45, 7) is 6.85. The number of nitrogens with one attached hydrogen (secondary N) is 1. The van der Waals surface area contributed by atoms with E-state index in [0.29, 0.717) is 19.8 Å². The van der Waals surface area contributed by atoms with Gasteiger partial charge in [0.15, 0.2) is 0 Å². The van der Waals surface area contributed by atoms with Crippen molar-refractivity contribution in [3.05, 3.63) is 0 Å². The fourth-order valence-electron chi connectivity index (χ4n) is 2.34. The lowest BCUT2D eigenvalue weighted by Gasteiger charge is -2.29. The number of aliphatic hydroxyl groups is 1. The van der Waals surface area contributed by atoms with Crippen molar-refractivity contribution in [2.45, 2.75) is 32.0 Å². The third kappa shape index (κ3) is 7.84. The van der Waals surface area contributed by atoms with Crippen LogP contribution in [0, 0.1) is 5.92 Å². The van der Waals surface area contributed by atoms with Gasteiger partial charge in [-0.3, -0.25) is 0 Å². The summed E-state index contributed by atoms with van der Waals surface area (Å²) < 4.78 is 10.5. The van der Waals surface area contributed by atoms with Gasteiger partial charge in [0.2, 0.25) is 0 Å². The van der Waals surface area contributed by atoms with Gasteiger partial charge < -0.3 is 24.8 Å². The topological polar surface area (TPSA) is 54.0 Å². The predicted octanol–water partition coefficient (Wildman–Crippen LogP) is 0.330. The van der Waals surface area contributed by atoms with Crippen molar-refractivity contribution in [1.29, 1.82) is 0 Å². The molecule has 1 aliphatic rings. The predicted molar refractivity (Wildman–Crippen MR) is 76.4 cm³/mol. The third-order valence-corrected chi connectivity index (χ3v) is 3.63. The molecule has 0 bridgehead atoms. The van der Waals surface area contributed by atoms with Gasteiger partial charge >= 0.3 is 0 Å². The normalized spacial score (nSPS) is 21.5. The molecule has 1 rings (SSSR count). The number of aliphatic hydroxyl groups excluding tert-OH is 1. The number of methoxy groups -OCH3 is 1. The van der Waals surface area contributed by atoms with Gasteiger partial charge in [-0.25, -0.2) is 0 Å². The molecule has 0 aliphatic carbocycles. The molecular formula is C14H30N2O3. The number of piperidine rings is 1. The standard InChI is InChI=1S/C14H30N2O3/c1-12(10-18-3)19-11-14(17)9-15-8-13-4-6-16(2)7-5-13/h12-15,17H,4-11H2,1-3H3. The molecule has 0 amide bonds. The molecule has 0 saturated carbocycles. The Morgan fingerprint density at radius 3 is 2.63 bits per heavy atom. The van der Waals surface area contributed by atoms with Crippen molar-refractivity contribution < 1.29 is 14.6 Å². The Balaban J connectivity index is 1.99. The van der Waals surface area contributed by atoms with Crippen molar-refractivity contribution in [3.8, 4) is 0 Å². The first-order valence-corrected chi connectivity index (χ1v) is 7.29. The van der Waals surface area contributed by atoms with Crippen molar-refractivity contribution in [1.82, 2.24) is 10.2 Å². The van der Waals surface area contributed by atoms with Crippen molar-refractivity contribution in [3.63, 3.8) is 0 Å². The maximum atomic E-state index is 9.80. The van der Waals surface area contributed by atoms with Crippen LogP contribution in [0.25, 0.3) is 0 Å². The van der Waals surface area contributed by atoms with Crippen LogP contribution < -0.4 is 5.32 Å². The Hall–Kier alpha value is -0.200. The molecule has 0 radical (unpaired) electrons. The van der Waals surface area contributed by atoms with E-state index >= 15 is 0 Å². The number of hydrogen-bond donors (Lipinski definition) is 2. The molecule has 0 aromatic carbocycles. The second-order valence-corrected chi connectivity index (χ2v) is 5.66. The highest BCUT2D eigenvalue weighted by atomic mass is 16.5. The number of nitrogens with zero attached hydrogens (tertiary/aromatic N) is 1. The van der Waals surface area contributed by atoms with Gasteiger partial charge in [-0.05, 0) is 52.4 Å². The number of rotatable bonds is 9. The van der Waals surface area contributed by atoms with Crippen molar-refractivity contribution >= 4 is 0 Å². The number of hydrogen-bond acceptors (Lipinski definition) is 5. The summed E-state index contributed by atoms with van der Waals surface area (Å²) in [5, 5.41) is 13.1. The van der Waals surface area contributed by atoms with Crippen LogP contribution in [0.3, 0.4) is 0 Å². The van der Waals surface area contributed by atoms with Crippen LogP contribution in [0.4, 0.5) is 0 Å². The van der Waals surface area contributed by atoms with Gasteiger partial charge in [-0.2, -0.15) is 0 Å². The SMILES string of the molecule is COCC(C)OCC(O)CNCC1CCN(C)CC1. The van der Waals surface area contributed by atoms with E-state index in [-0.39, 0.29) is 6.10 Å². The minimum Gasteiger partial charge on any atom is -0.389 e. The molecule has 1 aliphatic heterocycles. The summed E-state index contributed by atoms with van der Waals surface area (Å²) in [6.07, 6.45) is 2.10. The van der Waals surface area contributed by atoms with Crippen molar-refractivity contribution in [2.75, 3.05) is 53.6 Å². The number of ether oxygens (including phenoxy) is 2. The van der Waals surface area contributed by atoms with E-state index < -0.39 is 6.10 Å². The first-order valence-electron chi connectivity index (χ1n) is 7.29. The van der Waals surface area contributed by atoms with Gasteiger partial charge in [-0.1, -0.05) is 0 Å². The number of likely N-dealkylation sites (tertiary alicyclic amines) is 1. The highest BCUT2D eigenvalue weighted by Gasteiger charge is 2.16. The van der Waals surface area contributed by atoms with E-state index in [4.69, 9.17) is 9.47 Å². The molecule has 19 heavy (non-hydrogen) atoms. The Labute approximate surface area is 117 Å². The Morgan fingerprint density at radius 1 is 1.32 bits per heavy atom. The lowest BCUT2D eigenvalue weighted by Crippen LogP contribution is -2.38. The fraction of sp³-hybridized carbons (Fsp3) is 1.00. The van der Waals surface area contributed by atoms with E-state index in [2.05, 4.69) is 17.3 Å². The lowest BCUT2D eigenvalue weighted by molar-refractivity contribution is -0.0312. The van der Waals surface area contributed by atoms with Crippen LogP contribution >= 0.6 is 0 Å². The summed E-state index contributed by atoms with van der Waals surface area (Å²) in [4.78, 5) is 2.37. The van der Waals surface area contributed by atoms with E-state index in [1.54, 1.807) is 7.11 Å². The average molecular weight is 274 g/mol. The van der Waals surface area contributed by atoms with Crippen LogP contribution in [-0.4, -0.2) is 75.8 Å². The highest BCUT2D eigenvalue weighted by Crippen LogP contribution is 2.14. The zero-order valence-electron chi connectivity index (χ0n) is 12.6. The largest absolute Gasteiger partial charge is 0.389 e. The zero-order valence-corrected chi connectivity index (χ0v) is 12.6. The molecule has 5 nitrogen and oxygen atoms in total. The summed E-state index contributed by atoms with van der Waals surface area (Å²) in [6, 6.07) is 0. The summed E-state index contributed by atoms with van der Waals surface area (Å²) >= 11 is 0. The lowest BCUT2D eigenvalue weighted by atomic mass is 9.97. The average Bonchev–Trinajstić information content (AvgIpc) is 2.39. The molecule has 2 unspecified atom stereocenters. The minimum absolute atomic E-state index is 0.0357. The van der Waals surface area contributed by atoms with Gasteiger partial charge in [0.25, 0.3) is 0 Å². The zero-order chi connectivity index (χ0) is 14.1. The van der Waals surface area contributed by atoms with Gasteiger partial charge in [0.05, 0.1) is 25.4 Å². The molecule has 2 N–H and O–H groups in total. The second-order valence-electron chi connectivity index (χ2n) is 5.66. The molecule has 0 aromatic heterocycles. The first kappa shape index (κ1) is 16.9. The maximum absolute atomic E-state index is 9.80.